The van der Waals surface area contributed by atoms with Crippen molar-refractivity contribution in [1.82, 2.24) is 14.7 Å². The average molecular weight is 410 g/mol. The quantitative estimate of drug-likeness (QED) is 0.721. The van der Waals surface area contributed by atoms with Crippen molar-refractivity contribution in [1.29, 1.82) is 0 Å². The molecule has 0 bridgehead atoms. The number of amides is 3. The molecule has 0 N–H and O–H groups in total. The zero-order valence-electron chi connectivity index (χ0n) is 17.6. The van der Waals surface area contributed by atoms with Crippen molar-refractivity contribution in [3.63, 3.8) is 0 Å². The molecule has 1 spiro atoms. The summed E-state index contributed by atoms with van der Waals surface area (Å²) in [5, 5.41) is 0. The van der Waals surface area contributed by atoms with E-state index in [1.807, 2.05) is 17.0 Å². The first-order valence-corrected chi connectivity index (χ1v) is 11.5. The van der Waals surface area contributed by atoms with Crippen molar-refractivity contribution in [2.75, 3.05) is 19.8 Å². The van der Waals surface area contributed by atoms with Gasteiger partial charge >= 0.3 is 0 Å². The summed E-state index contributed by atoms with van der Waals surface area (Å²) in [6, 6.07) is 7.92. The summed E-state index contributed by atoms with van der Waals surface area (Å²) in [7, 11) is 0. The van der Waals surface area contributed by atoms with E-state index in [1.165, 1.54) is 16.0 Å². The van der Waals surface area contributed by atoms with E-state index in [2.05, 4.69) is 17.0 Å². The second-order valence-electron chi connectivity index (χ2n) is 9.55. The summed E-state index contributed by atoms with van der Waals surface area (Å²) in [6.07, 6.45) is 7.97. The van der Waals surface area contributed by atoms with Gasteiger partial charge in [0.05, 0.1) is 18.1 Å². The van der Waals surface area contributed by atoms with E-state index >= 15 is 0 Å². The summed E-state index contributed by atoms with van der Waals surface area (Å²) >= 11 is 0. The third kappa shape index (κ3) is 3.35. The summed E-state index contributed by atoms with van der Waals surface area (Å²) in [4.78, 5) is 45.1. The smallest absolute Gasteiger partial charge is 0.240 e. The van der Waals surface area contributed by atoms with Crippen LogP contribution < -0.4 is 0 Å². The minimum Gasteiger partial charge on any atom is -0.341 e. The lowest BCUT2D eigenvalue weighted by Crippen LogP contribution is -2.55. The monoisotopic (exact) mass is 409 g/mol. The Hall–Kier alpha value is -2.21. The molecule has 5 rings (SSSR count). The van der Waals surface area contributed by atoms with E-state index in [1.54, 1.807) is 0 Å². The molecule has 1 saturated carbocycles. The highest BCUT2D eigenvalue weighted by Gasteiger charge is 2.52. The van der Waals surface area contributed by atoms with Crippen molar-refractivity contribution < 1.29 is 14.4 Å². The molecule has 3 aliphatic heterocycles. The molecule has 3 fully saturated rings. The molecule has 3 heterocycles. The average Bonchev–Trinajstić information content (AvgIpc) is 3.37. The summed E-state index contributed by atoms with van der Waals surface area (Å²) < 4.78 is 0. The Morgan fingerprint density at radius 1 is 0.967 bits per heavy atom. The van der Waals surface area contributed by atoms with Gasteiger partial charge in [0, 0.05) is 26.1 Å². The fourth-order valence-corrected chi connectivity index (χ4v) is 5.92. The normalized spacial score (nSPS) is 26.5. The number of hydrogen-bond donors (Lipinski definition) is 0. The van der Waals surface area contributed by atoms with Crippen LogP contribution in [0.1, 0.15) is 62.5 Å². The van der Waals surface area contributed by atoms with E-state index in [9.17, 15) is 14.4 Å². The molecule has 6 heteroatoms. The lowest BCUT2D eigenvalue weighted by atomic mass is 9.73. The maximum absolute atomic E-state index is 13.3. The summed E-state index contributed by atoms with van der Waals surface area (Å²) in [5.74, 6) is 0.0834. The highest BCUT2D eigenvalue weighted by Crippen LogP contribution is 2.45. The first kappa shape index (κ1) is 19.7. The second kappa shape index (κ2) is 7.80. The summed E-state index contributed by atoms with van der Waals surface area (Å²) in [6.45, 7) is 2.47. The molecular formula is C24H31N3O3. The van der Waals surface area contributed by atoms with Crippen LogP contribution in [0.3, 0.4) is 0 Å². The van der Waals surface area contributed by atoms with E-state index in [4.69, 9.17) is 0 Å². The van der Waals surface area contributed by atoms with Gasteiger partial charge in [-0.15, -0.1) is 0 Å². The molecule has 1 atom stereocenters. The molecule has 1 aromatic carbocycles. The molecule has 1 aromatic rings. The minimum atomic E-state index is -0.475. The molecule has 30 heavy (non-hydrogen) atoms. The van der Waals surface area contributed by atoms with Gasteiger partial charge in [-0.25, -0.2) is 0 Å². The minimum absolute atomic E-state index is 0.00145. The number of hydrogen-bond acceptors (Lipinski definition) is 4. The summed E-state index contributed by atoms with van der Waals surface area (Å²) in [5.41, 5.74) is 1.92. The number of carbonyl (C=O) groups excluding carboxylic acids is 3. The number of imide groups is 1. The number of rotatable bonds is 3. The van der Waals surface area contributed by atoms with Crippen LogP contribution in [0.5, 0.6) is 0 Å². The Morgan fingerprint density at radius 3 is 2.40 bits per heavy atom. The van der Waals surface area contributed by atoms with Crippen molar-refractivity contribution in [3.8, 4) is 0 Å². The number of benzene rings is 1. The van der Waals surface area contributed by atoms with Gasteiger partial charge in [-0.2, -0.15) is 0 Å². The van der Waals surface area contributed by atoms with Crippen LogP contribution in [-0.2, 0) is 27.3 Å². The first-order valence-electron chi connectivity index (χ1n) is 11.5. The molecule has 3 amide bonds. The second-order valence-corrected chi connectivity index (χ2v) is 9.55. The van der Waals surface area contributed by atoms with Gasteiger partial charge in [-0.3, -0.25) is 24.2 Å². The van der Waals surface area contributed by atoms with E-state index in [0.29, 0.717) is 19.4 Å². The Morgan fingerprint density at radius 2 is 1.67 bits per heavy atom. The lowest BCUT2D eigenvalue weighted by molar-refractivity contribution is -0.149. The van der Waals surface area contributed by atoms with Gasteiger partial charge in [0.25, 0.3) is 0 Å². The maximum atomic E-state index is 13.3. The lowest BCUT2D eigenvalue weighted by Gasteiger charge is -2.39. The number of likely N-dealkylation sites (tertiary alicyclic amines) is 2. The Balaban J connectivity index is 1.40. The van der Waals surface area contributed by atoms with Crippen LogP contribution in [0, 0.1) is 5.41 Å². The standard InChI is InChI=1S/C24H31N3O3/c28-21-15-24(10-4-1-5-11-24)23(30)27(21)17-26-16-19-9-3-2-8-18(19)14-20(26)22(29)25-12-6-7-13-25/h2-3,8-9,20H,1,4-7,10-17H2/t20-/m1/s1. The maximum Gasteiger partial charge on any atom is 0.240 e. The molecule has 2 saturated heterocycles. The zero-order valence-corrected chi connectivity index (χ0v) is 17.6. The van der Waals surface area contributed by atoms with Crippen molar-refractivity contribution in [2.24, 2.45) is 5.41 Å². The molecule has 0 unspecified atom stereocenters. The topological polar surface area (TPSA) is 60.9 Å². The molecule has 0 radical (unpaired) electrons. The highest BCUT2D eigenvalue weighted by molar-refractivity contribution is 6.06. The molecule has 6 nitrogen and oxygen atoms in total. The predicted molar refractivity (Wildman–Crippen MR) is 112 cm³/mol. The van der Waals surface area contributed by atoms with Crippen LogP contribution in [0.25, 0.3) is 0 Å². The van der Waals surface area contributed by atoms with Gasteiger partial charge in [0.2, 0.25) is 17.7 Å². The van der Waals surface area contributed by atoms with Gasteiger partial charge in [0.1, 0.15) is 0 Å². The molecule has 0 aromatic heterocycles. The Bertz CT molecular complexity index is 855. The van der Waals surface area contributed by atoms with Crippen molar-refractivity contribution >= 4 is 17.7 Å². The number of carbonyl (C=O) groups is 3. The van der Waals surface area contributed by atoms with Crippen LogP contribution in [0.4, 0.5) is 0 Å². The van der Waals surface area contributed by atoms with Crippen LogP contribution in [0.15, 0.2) is 24.3 Å². The largest absolute Gasteiger partial charge is 0.341 e. The number of nitrogens with zero attached hydrogens (tertiary/aromatic N) is 3. The van der Waals surface area contributed by atoms with Crippen molar-refractivity contribution in [3.05, 3.63) is 35.4 Å². The van der Waals surface area contributed by atoms with Crippen LogP contribution >= 0.6 is 0 Å². The fraction of sp³-hybridized carbons (Fsp3) is 0.625. The van der Waals surface area contributed by atoms with Gasteiger partial charge in [-0.1, -0.05) is 43.5 Å². The van der Waals surface area contributed by atoms with Crippen molar-refractivity contribution in [2.45, 2.75) is 70.4 Å². The number of fused-ring (bicyclic) bond motifs is 1. The van der Waals surface area contributed by atoms with Crippen LogP contribution in [0.2, 0.25) is 0 Å². The predicted octanol–water partition coefficient (Wildman–Crippen LogP) is 2.70. The first-order chi connectivity index (χ1) is 14.6. The van der Waals surface area contributed by atoms with E-state index in [0.717, 1.165) is 58.0 Å². The van der Waals surface area contributed by atoms with Gasteiger partial charge in [-0.05, 0) is 43.2 Å². The van der Waals surface area contributed by atoms with Gasteiger partial charge < -0.3 is 4.90 Å². The van der Waals surface area contributed by atoms with Gasteiger partial charge in [0.15, 0.2) is 0 Å². The van der Waals surface area contributed by atoms with E-state index < -0.39 is 5.41 Å². The van der Waals surface area contributed by atoms with Crippen LogP contribution in [-0.4, -0.2) is 58.2 Å². The molecule has 1 aliphatic carbocycles. The fourth-order valence-electron chi connectivity index (χ4n) is 5.92. The Kier molecular flexibility index (Phi) is 5.13. The molecule has 4 aliphatic rings. The third-order valence-corrected chi connectivity index (χ3v) is 7.67. The SMILES string of the molecule is O=C([C@H]1Cc2ccccc2CN1CN1C(=O)CC2(CCCCC2)C1=O)N1CCCC1. The Labute approximate surface area is 178 Å². The third-order valence-electron chi connectivity index (χ3n) is 7.67. The van der Waals surface area contributed by atoms with E-state index in [-0.39, 0.29) is 30.4 Å². The highest BCUT2D eigenvalue weighted by atomic mass is 16.2. The molecule has 160 valence electrons. The molecular weight excluding hydrogens is 378 g/mol. The zero-order chi connectivity index (χ0) is 20.7.